The molecule has 33 heavy (non-hydrogen) atoms. The van der Waals surface area contributed by atoms with Crippen molar-refractivity contribution in [3.8, 4) is 11.8 Å². The summed E-state index contributed by atoms with van der Waals surface area (Å²) in [6, 6.07) is 27.3. The van der Waals surface area contributed by atoms with E-state index in [1.54, 1.807) is 24.4 Å². The van der Waals surface area contributed by atoms with Crippen molar-refractivity contribution in [3.63, 3.8) is 0 Å². The standard InChI is InChI=1S/C26H19N3O4/c27-15-21-8-1-2-9-22(21)18-32-26-13-12-20-7-3-4-11-24(20)25(26)16-28-33-17-19-6-5-10-23(14-19)29(30)31/h1-14,16H,17-18H2/b28-16-. The Balaban J connectivity index is 1.55. The molecule has 7 nitrogen and oxygen atoms in total. The second-order valence-corrected chi connectivity index (χ2v) is 7.19. The Morgan fingerprint density at radius 1 is 0.970 bits per heavy atom. The van der Waals surface area contributed by atoms with Gasteiger partial charge in [-0.05, 0) is 28.5 Å². The van der Waals surface area contributed by atoms with Gasteiger partial charge < -0.3 is 9.57 Å². The van der Waals surface area contributed by atoms with Crippen LogP contribution in [0.15, 0.2) is 90.1 Å². The van der Waals surface area contributed by atoms with Crippen molar-refractivity contribution in [1.29, 1.82) is 5.26 Å². The van der Waals surface area contributed by atoms with Crippen LogP contribution in [0.3, 0.4) is 0 Å². The third kappa shape index (κ3) is 5.14. The molecule has 0 fully saturated rings. The molecule has 4 aromatic carbocycles. The number of ether oxygens (including phenoxy) is 1. The summed E-state index contributed by atoms with van der Waals surface area (Å²) in [4.78, 5) is 15.9. The molecule has 0 N–H and O–H groups in total. The lowest BCUT2D eigenvalue weighted by Crippen LogP contribution is -2.01. The Kier molecular flexibility index (Phi) is 6.57. The van der Waals surface area contributed by atoms with E-state index in [1.165, 1.54) is 12.1 Å². The van der Waals surface area contributed by atoms with E-state index in [-0.39, 0.29) is 18.9 Å². The van der Waals surface area contributed by atoms with E-state index in [2.05, 4.69) is 11.2 Å². The van der Waals surface area contributed by atoms with Crippen LogP contribution in [0.1, 0.15) is 22.3 Å². The van der Waals surface area contributed by atoms with Crippen LogP contribution in [-0.2, 0) is 18.1 Å². The number of nitro benzene ring substituents is 1. The number of benzene rings is 4. The van der Waals surface area contributed by atoms with Crippen LogP contribution in [0.2, 0.25) is 0 Å². The van der Waals surface area contributed by atoms with Gasteiger partial charge >= 0.3 is 0 Å². The van der Waals surface area contributed by atoms with Crippen molar-refractivity contribution in [1.82, 2.24) is 0 Å². The molecule has 162 valence electrons. The van der Waals surface area contributed by atoms with Crippen molar-refractivity contribution in [2.24, 2.45) is 5.16 Å². The van der Waals surface area contributed by atoms with E-state index in [0.29, 0.717) is 16.9 Å². The van der Waals surface area contributed by atoms with E-state index in [0.717, 1.165) is 21.9 Å². The molecular formula is C26H19N3O4. The molecule has 7 heteroatoms. The van der Waals surface area contributed by atoms with Gasteiger partial charge in [0.2, 0.25) is 0 Å². The molecule has 0 unspecified atom stereocenters. The molecule has 0 saturated carbocycles. The van der Waals surface area contributed by atoms with Crippen molar-refractivity contribution in [2.45, 2.75) is 13.2 Å². The summed E-state index contributed by atoms with van der Waals surface area (Å²) in [6.45, 7) is 0.326. The van der Waals surface area contributed by atoms with Crippen LogP contribution in [0, 0.1) is 21.4 Å². The summed E-state index contributed by atoms with van der Waals surface area (Å²) >= 11 is 0. The third-order valence-corrected chi connectivity index (χ3v) is 5.06. The normalized spacial score (nSPS) is 10.8. The van der Waals surface area contributed by atoms with E-state index < -0.39 is 4.92 Å². The molecule has 0 heterocycles. The molecule has 4 aromatic rings. The average Bonchev–Trinajstić information content (AvgIpc) is 2.86. The molecule has 0 aliphatic rings. The van der Waals surface area contributed by atoms with Crippen molar-refractivity contribution in [2.75, 3.05) is 0 Å². The van der Waals surface area contributed by atoms with Gasteiger partial charge in [-0.1, -0.05) is 65.8 Å². The Morgan fingerprint density at radius 3 is 2.64 bits per heavy atom. The highest BCUT2D eigenvalue weighted by Crippen LogP contribution is 2.28. The van der Waals surface area contributed by atoms with E-state index in [4.69, 9.17) is 9.57 Å². The first-order valence-electron chi connectivity index (χ1n) is 10.2. The topological polar surface area (TPSA) is 97.8 Å². The van der Waals surface area contributed by atoms with Gasteiger partial charge in [-0.3, -0.25) is 10.1 Å². The second-order valence-electron chi connectivity index (χ2n) is 7.19. The van der Waals surface area contributed by atoms with Crippen LogP contribution in [-0.4, -0.2) is 11.1 Å². The van der Waals surface area contributed by atoms with Gasteiger partial charge in [0.1, 0.15) is 19.0 Å². The number of nitrogens with zero attached hydrogens (tertiary/aromatic N) is 3. The fraction of sp³-hybridized carbons (Fsp3) is 0.0769. The van der Waals surface area contributed by atoms with Gasteiger partial charge in [0.15, 0.2) is 0 Å². The van der Waals surface area contributed by atoms with Crippen molar-refractivity contribution >= 4 is 22.7 Å². The number of nitro groups is 1. The lowest BCUT2D eigenvalue weighted by atomic mass is 10.0. The van der Waals surface area contributed by atoms with E-state index >= 15 is 0 Å². The molecule has 0 aliphatic heterocycles. The Hall–Kier alpha value is -4.70. The molecule has 0 radical (unpaired) electrons. The number of hydrogen-bond donors (Lipinski definition) is 0. The maximum absolute atomic E-state index is 10.9. The monoisotopic (exact) mass is 437 g/mol. The van der Waals surface area contributed by atoms with E-state index in [9.17, 15) is 15.4 Å². The zero-order chi connectivity index (χ0) is 23.0. The number of hydrogen-bond acceptors (Lipinski definition) is 6. The molecule has 0 spiro atoms. The zero-order valence-corrected chi connectivity index (χ0v) is 17.5. The van der Waals surface area contributed by atoms with Crippen LogP contribution in [0.4, 0.5) is 5.69 Å². The molecule has 0 aliphatic carbocycles. The first-order valence-corrected chi connectivity index (χ1v) is 10.2. The number of non-ortho nitro benzene ring substituents is 1. The Morgan fingerprint density at radius 2 is 1.79 bits per heavy atom. The minimum atomic E-state index is -0.447. The molecule has 0 atom stereocenters. The van der Waals surface area contributed by atoms with Crippen LogP contribution < -0.4 is 4.74 Å². The van der Waals surface area contributed by atoms with Gasteiger partial charge in [0.05, 0.1) is 22.8 Å². The first-order chi connectivity index (χ1) is 16.2. The highest BCUT2D eigenvalue weighted by atomic mass is 16.6. The van der Waals surface area contributed by atoms with Gasteiger partial charge in [-0.25, -0.2) is 0 Å². The zero-order valence-electron chi connectivity index (χ0n) is 17.5. The highest BCUT2D eigenvalue weighted by molar-refractivity contribution is 6.02. The lowest BCUT2D eigenvalue weighted by molar-refractivity contribution is -0.384. The third-order valence-electron chi connectivity index (χ3n) is 5.06. The van der Waals surface area contributed by atoms with Gasteiger partial charge in [-0.2, -0.15) is 5.26 Å². The highest BCUT2D eigenvalue weighted by Gasteiger charge is 2.10. The lowest BCUT2D eigenvalue weighted by Gasteiger charge is -2.12. The summed E-state index contributed by atoms with van der Waals surface area (Å²) in [5.41, 5.74) is 2.74. The number of nitriles is 1. The average molecular weight is 437 g/mol. The van der Waals surface area contributed by atoms with Gasteiger partial charge in [0, 0.05) is 23.3 Å². The predicted molar refractivity (Wildman–Crippen MR) is 125 cm³/mol. The summed E-state index contributed by atoms with van der Waals surface area (Å²) < 4.78 is 6.06. The quantitative estimate of drug-likeness (QED) is 0.199. The van der Waals surface area contributed by atoms with Crippen LogP contribution >= 0.6 is 0 Å². The largest absolute Gasteiger partial charge is 0.488 e. The van der Waals surface area contributed by atoms with Crippen molar-refractivity contribution in [3.05, 3.63) is 117 Å². The molecule has 4 rings (SSSR count). The maximum atomic E-state index is 10.9. The molecule has 0 amide bonds. The molecule has 0 aromatic heterocycles. The minimum absolute atomic E-state index is 0.00229. The second kappa shape index (κ2) is 10.1. The molecular weight excluding hydrogens is 418 g/mol. The number of rotatable bonds is 8. The predicted octanol–water partition coefficient (Wildman–Crippen LogP) is 5.75. The minimum Gasteiger partial charge on any atom is -0.488 e. The Labute approximate surface area is 190 Å². The molecule has 0 bridgehead atoms. The summed E-state index contributed by atoms with van der Waals surface area (Å²) in [5.74, 6) is 0.601. The molecule has 0 saturated heterocycles. The van der Waals surface area contributed by atoms with E-state index in [1.807, 2.05) is 54.6 Å². The summed E-state index contributed by atoms with van der Waals surface area (Å²) in [6.07, 6.45) is 1.57. The smallest absolute Gasteiger partial charge is 0.269 e. The SMILES string of the molecule is N#Cc1ccccc1COc1ccc2ccccc2c1/C=N\OCc1cccc([N+](=O)[O-])c1. The van der Waals surface area contributed by atoms with Gasteiger partial charge in [0.25, 0.3) is 5.69 Å². The number of fused-ring (bicyclic) bond motifs is 1. The Bertz CT molecular complexity index is 1380. The van der Waals surface area contributed by atoms with Gasteiger partial charge in [-0.15, -0.1) is 0 Å². The maximum Gasteiger partial charge on any atom is 0.269 e. The van der Waals surface area contributed by atoms with Crippen LogP contribution in [0.5, 0.6) is 5.75 Å². The summed E-state index contributed by atoms with van der Waals surface area (Å²) in [5, 5.41) is 26.3. The van der Waals surface area contributed by atoms with Crippen molar-refractivity contribution < 1.29 is 14.5 Å². The first kappa shape index (κ1) is 21.5. The fourth-order valence-corrected chi connectivity index (χ4v) is 3.41. The number of oxime groups is 1. The fourth-order valence-electron chi connectivity index (χ4n) is 3.41. The summed E-state index contributed by atoms with van der Waals surface area (Å²) in [7, 11) is 0. The van der Waals surface area contributed by atoms with Crippen LogP contribution in [0.25, 0.3) is 10.8 Å².